The van der Waals surface area contributed by atoms with Gasteiger partial charge in [0.2, 0.25) is 0 Å². The quantitative estimate of drug-likeness (QED) is 0.852. The molecule has 2 saturated heterocycles. The summed E-state index contributed by atoms with van der Waals surface area (Å²) < 4.78 is 11.5. The predicted molar refractivity (Wildman–Crippen MR) is 74.0 cm³/mol. The molecule has 3 nitrogen and oxygen atoms in total. The number of ether oxygens (including phenoxy) is 2. The van der Waals surface area contributed by atoms with Crippen LogP contribution in [0.25, 0.3) is 0 Å². The highest BCUT2D eigenvalue weighted by Crippen LogP contribution is 2.37. The Bertz CT molecular complexity index is 243. The number of hydrogen-bond acceptors (Lipinski definition) is 3. The zero-order chi connectivity index (χ0) is 13.1. The summed E-state index contributed by atoms with van der Waals surface area (Å²) in [7, 11) is 0. The van der Waals surface area contributed by atoms with E-state index in [1.807, 2.05) is 0 Å². The molecule has 1 N–H and O–H groups in total. The van der Waals surface area contributed by atoms with Crippen molar-refractivity contribution in [2.75, 3.05) is 13.2 Å². The molecule has 4 unspecified atom stereocenters. The van der Waals surface area contributed by atoms with Gasteiger partial charge in [0.15, 0.2) is 0 Å². The van der Waals surface area contributed by atoms with Crippen LogP contribution in [0.4, 0.5) is 0 Å². The molecule has 3 rings (SSSR count). The van der Waals surface area contributed by atoms with Gasteiger partial charge in [0, 0.05) is 13.2 Å². The zero-order valence-electron chi connectivity index (χ0n) is 11.9. The Morgan fingerprint density at radius 1 is 0.737 bits per heavy atom. The lowest BCUT2D eigenvalue weighted by Gasteiger charge is -2.37. The Morgan fingerprint density at radius 2 is 1.26 bits per heavy atom. The summed E-state index contributed by atoms with van der Waals surface area (Å²) in [5, 5.41) is 10.6. The van der Waals surface area contributed by atoms with Crippen LogP contribution < -0.4 is 0 Å². The molecule has 2 heterocycles. The molecule has 0 aromatic rings. The highest BCUT2D eigenvalue weighted by Gasteiger charge is 2.35. The van der Waals surface area contributed by atoms with Crippen molar-refractivity contribution in [2.24, 2.45) is 11.8 Å². The molecule has 0 aromatic heterocycles. The first-order chi connectivity index (χ1) is 9.33. The molecule has 2 aliphatic heterocycles. The predicted octanol–water partition coefficient (Wildman–Crippen LogP) is 2.90. The zero-order valence-corrected chi connectivity index (χ0v) is 11.9. The van der Waals surface area contributed by atoms with Crippen LogP contribution in [0.15, 0.2) is 0 Å². The molecule has 110 valence electrons. The highest BCUT2D eigenvalue weighted by molar-refractivity contribution is 4.86. The van der Waals surface area contributed by atoms with Crippen LogP contribution in [0.3, 0.4) is 0 Å². The van der Waals surface area contributed by atoms with Gasteiger partial charge >= 0.3 is 0 Å². The van der Waals surface area contributed by atoms with E-state index in [2.05, 4.69) is 0 Å². The second-order valence-corrected chi connectivity index (χ2v) is 6.68. The third-order valence-electron chi connectivity index (χ3n) is 5.30. The van der Waals surface area contributed by atoms with Gasteiger partial charge in [-0.2, -0.15) is 0 Å². The molecule has 0 radical (unpaired) electrons. The van der Waals surface area contributed by atoms with Gasteiger partial charge in [0.05, 0.1) is 18.3 Å². The fourth-order valence-electron chi connectivity index (χ4n) is 4.22. The Morgan fingerprint density at radius 3 is 1.68 bits per heavy atom. The van der Waals surface area contributed by atoms with Gasteiger partial charge in [0.25, 0.3) is 0 Å². The monoisotopic (exact) mass is 268 g/mol. The van der Waals surface area contributed by atoms with Gasteiger partial charge in [-0.1, -0.05) is 6.42 Å². The largest absolute Gasteiger partial charge is 0.393 e. The van der Waals surface area contributed by atoms with Gasteiger partial charge in [-0.25, -0.2) is 0 Å². The minimum atomic E-state index is -0.123. The minimum absolute atomic E-state index is 0.123. The molecule has 1 saturated carbocycles. The SMILES string of the molecule is OC1C(CC2CCCO2)CCCC1CC1CCCO1. The van der Waals surface area contributed by atoms with E-state index in [1.165, 1.54) is 44.9 Å². The summed E-state index contributed by atoms with van der Waals surface area (Å²) in [4.78, 5) is 0. The van der Waals surface area contributed by atoms with Crippen LogP contribution in [0.1, 0.15) is 57.8 Å². The standard InChI is InChI=1S/C16H28O3/c17-16-12(10-14-6-2-8-18-14)4-1-5-13(16)11-15-7-3-9-19-15/h12-17H,1-11H2. The minimum Gasteiger partial charge on any atom is -0.393 e. The lowest BCUT2D eigenvalue weighted by atomic mass is 9.74. The maximum atomic E-state index is 10.6. The van der Waals surface area contributed by atoms with Gasteiger partial charge in [-0.15, -0.1) is 0 Å². The van der Waals surface area contributed by atoms with Crippen LogP contribution in [0, 0.1) is 11.8 Å². The first kappa shape index (κ1) is 13.8. The molecule has 0 amide bonds. The third-order valence-corrected chi connectivity index (χ3v) is 5.30. The molecule has 19 heavy (non-hydrogen) atoms. The summed E-state index contributed by atoms with van der Waals surface area (Å²) in [6.45, 7) is 1.85. The molecule has 0 bridgehead atoms. The van der Waals surface area contributed by atoms with Crippen molar-refractivity contribution in [3.05, 3.63) is 0 Å². The highest BCUT2D eigenvalue weighted by atomic mass is 16.5. The van der Waals surface area contributed by atoms with Crippen molar-refractivity contribution < 1.29 is 14.6 Å². The third kappa shape index (κ3) is 3.50. The van der Waals surface area contributed by atoms with Crippen molar-refractivity contribution >= 4 is 0 Å². The van der Waals surface area contributed by atoms with Crippen molar-refractivity contribution in [3.8, 4) is 0 Å². The summed E-state index contributed by atoms with van der Waals surface area (Å²) in [6.07, 6.45) is 11.3. The average molecular weight is 268 g/mol. The molecule has 1 aliphatic carbocycles. The Hall–Kier alpha value is -0.120. The van der Waals surface area contributed by atoms with E-state index in [1.54, 1.807) is 0 Å². The molecule has 4 atom stereocenters. The summed E-state index contributed by atoms with van der Waals surface area (Å²) in [5.41, 5.74) is 0. The second-order valence-electron chi connectivity index (χ2n) is 6.68. The Balaban J connectivity index is 1.50. The topological polar surface area (TPSA) is 38.7 Å². The fourth-order valence-corrected chi connectivity index (χ4v) is 4.22. The Kier molecular flexibility index (Phi) is 4.78. The molecular formula is C16H28O3. The van der Waals surface area contributed by atoms with E-state index in [0.29, 0.717) is 24.0 Å². The van der Waals surface area contributed by atoms with Crippen LogP contribution in [0.5, 0.6) is 0 Å². The van der Waals surface area contributed by atoms with Gasteiger partial charge in [-0.3, -0.25) is 0 Å². The fraction of sp³-hybridized carbons (Fsp3) is 1.00. The van der Waals surface area contributed by atoms with E-state index >= 15 is 0 Å². The Labute approximate surface area is 116 Å². The van der Waals surface area contributed by atoms with E-state index in [0.717, 1.165) is 26.1 Å². The van der Waals surface area contributed by atoms with Crippen LogP contribution in [-0.2, 0) is 9.47 Å². The maximum absolute atomic E-state index is 10.6. The smallest absolute Gasteiger partial charge is 0.0598 e. The summed E-state index contributed by atoms with van der Waals surface area (Å²) >= 11 is 0. The van der Waals surface area contributed by atoms with E-state index < -0.39 is 0 Å². The first-order valence-electron chi connectivity index (χ1n) is 8.24. The molecule has 0 spiro atoms. The van der Waals surface area contributed by atoms with Crippen molar-refractivity contribution in [1.29, 1.82) is 0 Å². The normalized spacial score (nSPS) is 43.7. The van der Waals surface area contributed by atoms with E-state index in [-0.39, 0.29) is 6.10 Å². The van der Waals surface area contributed by atoms with Crippen LogP contribution in [-0.4, -0.2) is 36.6 Å². The van der Waals surface area contributed by atoms with Crippen molar-refractivity contribution in [2.45, 2.75) is 76.1 Å². The van der Waals surface area contributed by atoms with Crippen molar-refractivity contribution in [3.63, 3.8) is 0 Å². The van der Waals surface area contributed by atoms with Crippen molar-refractivity contribution in [1.82, 2.24) is 0 Å². The molecule has 3 aliphatic rings. The van der Waals surface area contributed by atoms with Gasteiger partial charge in [0.1, 0.15) is 0 Å². The molecule has 3 heteroatoms. The molecule has 3 fully saturated rings. The average Bonchev–Trinajstić information content (AvgIpc) is 3.07. The van der Waals surface area contributed by atoms with Gasteiger partial charge in [-0.05, 0) is 63.2 Å². The lowest BCUT2D eigenvalue weighted by Crippen LogP contribution is -2.37. The van der Waals surface area contributed by atoms with Crippen LogP contribution >= 0.6 is 0 Å². The summed E-state index contributed by atoms with van der Waals surface area (Å²) in [6, 6.07) is 0. The van der Waals surface area contributed by atoms with E-state index in [9.17, 15) is 5.11 Å². The second kappa shape index (κ2) is 6.55. The number of hydrogen-bond donors (Lipinski definition) is 1. The molecular weight excluding hydrogens is 240 g/mol. The number of rotatable bonds is 4. The van der Waals surface area contributed by atoms with E-state index in [4.69, 9.17) is 9.47 Å². The van der Waals surface area contributed by atoms with Gasteiger partial charge < -0.3 is 14.6 Å². The molecule has 0 aromatic carbocycles. The van der Waals surface area contributed by atoms with Crippen LogP contribution in [0.2, 0.25) is 0 Å². The lowest BCUT2D eigenvalue weighted by molar-refractivity contribution is -0.0301. The number of aliphatic hydroxyl groups excluding tert-OH is 1. The summed E-state index contributed by atoms with van der Waals surface area (Å²) in [5.74, 6) is 0.923. The maximum Gasteiger partial charge on any atom is 0.0598 e. The first-order valence-corrected chi connectivity index (χ1v) is 8.24. The number of aliphatic hydroxyl groups is 1.